The predicted molar refractivity (Wildman–Crippen MR) is 61.3 cm³/mol. The van der Waals surface area contributed by atoms with E-state index in [1.54, 1.807) is 6.19 Å². The topological polar surface area (TPSA) is 39.4 Å². The number of rotatable bonds is 2. The maximum absolute atomic E-state index is 8.47. The van der Waals surface area contributed by atoms with Crippen molar-refractivity contribution in [1.29, 1.82) is 5.26 Å². The molecule has 0 radical (unpaired) electrons. The Balaban J connectivity index is 2.83. The molecule has 1 aromatic rings. The number of hydrogen-bond acceptors (Lipinski definition) is 2. The minimum atomic E-state index is 0.225. The fourth-order valence-corrected chi connectivity index (χ4v) is 1.39. The summed E-state index contributed by atoms with van der Waals surface area (Å²) in [6.07, 6.45) is 1.80. The second-order valence-electron chi connectivity index (χ2n) is 3.46. The second-order valence-corrected chi connectivity index (χ2v) is 3.46. The van der Waals surface area contributed by atoms with E-state index in [4.69, 9.17) is 5.26 Å². The van der Waals surface area contributed by atoms with Crippen LogP contribution in [-0.2, 0) is 0 Å². The molecule has 0 saturated carbocycles. The normalized spacial score (nSPS) is 13.1. The van der Waals surface area contributed by atoms with E-state index in [0.29, 0.717) is 0 Å². The van der Waals surface area contributed by atoms with Crippen molar-refractivity contribution in [3.63, 3.8) is 0 Å². The Morgan fingerprint density at radius 2 is 2.00 bits per heavy atom. The molecule has 0 saturated heterocycles. The third kappa shape index (κ3) is 2.81. The van der Waals surface area contributed by atoms with Crippen LogP contribution in [0.1, 0.15) is 25.5 Å². The van der Waals surface area contributed by atoms with Gasteiger partial charge in [0.1, 0.15) is 5.84 Å². The van der Waals surface area contributed by atoms with Crippen LogP contribution >= 0.6 is 0 Å². The van der Waals surface area contributed by atoms with Gasteiger partial charge in [-0.2, -0.15) is 10.3 Å². The molecule has 0 aliphatic carbocycles. The molecule has 0 heterocycles. The molecule has 0 unspecified atom stereocenters. The summed E-state index contributed by atoms with van der Waals surface area (Å²) < 4.78 is 0. The van der Waals surface area contributed by atoms with Crippen molar-refractivity contribution >= 4 is 5.84 Å². The Kier molecular flexibility index (Phi) is 3.87. The molecule has 1 rings (SSSR count). The van der Waals surface area contributed by atoms with E-state index < -0.39 is 0 Å². The largest absolute Gasteiger partial charge is 0.356 e. The Labute approximate surface area is 90.7 Å². The van der Waals surface area contributed by atoms with Crippen LogP contribution in [0.15, 0.2) is 35.3 Å². The van der Waals surface area contributed by atoms with E-state index in [-0.39, 0.29) is 6.04 Å². The summed E-state index contributed by atoms with van der Waals surface area (Å²) in [6, 6.07) is 10.4. The van der Waals surface area contributed by atoms with E-state index in [1.807, 2.05) is 37.1 Å². The first kappa shape index (κ1) is 11.3. The van der Waals surface area contributed by atoms with Crippen molar-refractivity contribution in [2.24, 2.45) is 4.99 Å². The first-order chi connectivity index (χ1) is 7.16. The monoisotopic (exact) mass is 201 g/mol. The average molecular weight is 201 g/mol. The molecule has 3 nitrogen and oxygen atoms in total. The molecule has 1 aromatic carbocycles. The molecule has 0 amide bonds. The molecule has 0 aromatic heterocycles. The van der Waals surface area contributed by atoms with Crippen LogP contribution in [0.4, 0.5) is 0 Å². The summed E-state index contributed by atoms with van der Waals surface area (Å²) in [6.45, 7) is 3.92. The van der Waals surface area contributed by atoms with Gasteiger partial charge in [0.15, 0.2) is 0 Å². The van der Waals surface area contributed by atoms with Crippen molar-refractivity contribution in [2.45, 2.75) is 19.9 Å². The highest BCUT2D eigenvalue weighted by atomic mass is 15.2. The minimum absolute atomic E-state index is 0.225. The van der Waals surface area contributed by atoms with Crippen LogP contribution in [-0.4, -0.2) is 17.8 Å². The third-order valence-electron chi connectivity index (χ3n) is 2.59. The summed E-state index contributed by atoms with van der Waals surface area (Å²) in [5.41, 5.74) is 1.22. The summed E-state index contributed by atoms with van der Waals surface area (Å²) in [5, 5.41) is 8.47. The van der Waals surface area contributed by atoms with Crippen LogP contribution in [0.3, 0.4) is 0 Å². The van der Waals surface area contributed by atoms with Crippen molar-refractivity contribution in [1.82, 2.24) is 4.90 Å². The van der Waals surface area contributed by atoms with Crippen LogP contribution in [0, 0.1) is 11.5 Å². The van der Waals surface area contributed by atoms with E-state index in [9.17, 15) is 0 Å². The zero-order valence-corrected chi connectivity index (χ0v) is 9.31. The van der Waals surface area contributed by atoms with Crippen molar-refractivity contribution in [2.75, 3.05) is 7.05 Å². The summed E-state index contributed by atoms with van der Waals surface area (Å²) in [5.74, 6) is 0.730. The van der Waals surface area contributed by atoms with Gasteiger partial charge in [-0.1, -0.05) is 30.3 Å². The minimum Gasteiger partial charge on any atom is -0.356 e. The second kappa shape index (κ2) is 5.16. The lowest BCUT2D eigenvalue weighted by Crippen LogP contribution is -2.27. The Bertz CT molecular complexity index is 376. The molecule has 0 aliphatic rings. The molecule has 0 bridgehead atoms. The zero-order valence-electron chi connectivity index (χ0n) is 9.31. The summed E-state index contributed by atoms with van der Waals surface area (Å²) >= 11 is 0. The molecular weight excluding hydrogens is 186 g/mol. The van der Waals surface area contributed by atoms with Crippen LogP contribution < -0.4 is 0 Å². The number of nitriles is 1. The molecule has 15 heavy (non-hydrogen) atoms. The van der Waals surface area contributed by atoms with E-state index in [2.05, 4.69) is 24.0 Å². The molecule has 3 heteroatoms. The summed E-state index contributed by atoms with van der Waals surface area (Å²) in [4.78, 5) is 5.70. The van der Waals surface area contributed by atoms with Crippen LogP contribution in [0.25, 0.3) is 0 Å². The van der Waals surface area contributed by atoms with Gasteiger partial charge in [0, 0.05) is 7.05 Å². The number of aliphatic imine (C=N–C) groups is 1. The molecule has 0 spiro atoms. The lowest BCUT2D eigenvalue weighted by molar-refractivity contribution is 0.400. The van der Waals surface area contributed by atoms with Crippen LogP contribution in [0.2, 0.25) is 0 Å². The Morgan fingerprint density at radius 3 is 2.53 bits per heavy atom. The van der Waals surface area contributed by atoms with Crippen molar-refractivity contribution in [3.8, 4) is 6.19 Å². The van der Waals surface area contributed by atoms with E-state index in [0.717, 1.165) is 5.84 Å². The predicted octanol–water partition coefficient (Wildman–Crippen LogP) is 2.58. The molecule has 0 N–H and O–H groups in total. The van der Waals surface area contributed by atoms with E-state index >= 15 is 0 Å². The highest BCUT2D eigenvalue weighted by Crippen LogP contribution is 2.18. The molecule has 0 fully saturated rings. The fraction of sp³-hybridized carbons (Fsp3) is 0.333. The van der Waals surface area contributed by atoms with Gasteiger partial charge in [-0.3, -0.25) is 0 Å². The van der Waals surface area contributed by atoms with Crippen molar-refractivity contribution < 1.29 is 0 Å². The maximum Gasteiger partial charge on any atom is 0.207 e. The van der Waals surface area contributed by atoms with Gasteiger partial charge in [-0.05, 0) is 19.4 Å². The number of amidine groups is 1. The SMILES string of the molecule is CC(=NC#N)N(C)[C@@H](C)c1ccccc1. The average Bonchev–Trinajstić information content (AvgIpc) is 2.28. The summed E-state index contributed by atoms with van der Waals surface area (Å²) in [7, 11) is 1.94. The van der Waals surface area contributed by atoms with E-state index in [1.165, 1.54) is 5.56 Å². The van der Waals surface area contributed by atoms with Crippen LogP contribution in [0.5, 0.6) is 0 Å². The first-order valence-electron chi connectivity index (χ1n) is 4.88. The van der Waals surface area contributed by atoms with Gasteiger partial charge in [-0.25, -0.2) is 0 Å². The highest BCUT2D eigenvalue weighted by Gasteiger charge is 2.11. The first-order valence-corrected chi connectivity index (χ1v) is 4.88. The smallest absolute Gasteiger partial charge is 0.207 e. The number of hydrogen-bond donors (Lipinski definition) is 0. The van der Waals surface area contributed by atoms with Crippen molar-refractivity contribution in [3.05, 3.63) is 35.9 Å². The molecule has 0 aliphatic heterocycles. The molecular formula is C12H15N3. The number of benzene rings is 1. The molecule has 1 atom stereocenters. The molecule has 78 valence electrons. The third-order valence-corrected chi connectivity index (χ3v) is 2.59. The van der Waals surface area contributed by atoms with Gasteiger partial charge < -0.3 is 4.90 Å². The Hall–Kier alpha value is -1.82. The lowest BCUT2D eigenvalue weighted by Gasteiger charge is -2.26. The fourth-order valence-electron chi connectivity index (χ4n) is 1.39. The maximum atomic E-state index is 8.47. The lowest BCUT2D eigenvalue weighted by atomic mass is 10.1. The zero-order chi connectivity index (χ0) is 11.3. The van der Waals surface area contributed by atoms with Gasteiger partial charge in [0.05, 0.1) is 6.04 Å². The van der Waals surface area contributed by atoms with Gasteiger partial charge in [-0.15, -0.1) is 0 Å². The van der Waals surface area contributed by atoms with Gasteiger partial charge in [0.25, 0.3) is 0 Å². The Morgan fingerprint density at radius 1 is 1.40 bits per heavy atom. The van der Waals surface area contributed by atoms with Gasteiger partial charge in [0.2, 0.25) is 6.19 Å². The quantitative estimate of drug-likeness (QED) is 0.419. The van der Waals surface area contributed by atoms with Gasteiger partial charge >= 0.3 is 0 Å². The standard InChI is InChI=1S/C12H15N3/c1-10(12-7-5-4-6-8-12)15(3)11(2)14-9-13/h4-8,10H,1-3H3/t10-/m0/s1. The highest BCUT2D eigenvalue weighted by molar-refractivity contribution is 5.80. The number of nitrogens with zero attached hydrogens (tertiary/aromatic N) is 3.